The summed E-state index contributed by atoms with van der Waals surface area (Å²) in [6, 6.07) is 16.5. The summed E-state index contributed by atoms with van der Waals surface area (Å²) in [6.45, 7) is 6.19. The topological polar surface area (TPSA) is 69.5 Å². The van der Waals surface area contributed by atoms with Crippen LogP contribution in [-0.4, -0.2) is 19.2 Å². The second-order valence-corrected chi connectivity index (χ2v) is 8.44. The molecule has 2 atom stereocenters. The minimum Gasteiger partial charge on any atom is -0.462 e. The lowest BCUT2D eigenvalue weighted by atomic mass is 9.61. The first-order chi connectivity index (χ1) is 12.5. The normalized spacial score (nSPS) is 28.4. The second kappa shape index (κ2) is 5.34. The maximum Gasteiger partial charge on any atom is 0.283 e. The summed E-state index contributed by atoms with van der Waals surface area (Å²) in [6.07, 6.45) is 2.16. The van der Waals surface area contributed by atoms with Gasteiger partial charge in [0.05, 0.1) is 0 Å². The number of hydrogen-bond acceptors (Lipinski definition) is 4. The summed E-state index contributed by atoms with van der Waals surface area (Å²) in [5, 5.41) is 3.39. The van der Waals surface area contributed by atoms with E-state index in [1.165, 1.54) is 27.8 Å². The lowest BCUT2D eigenvalue weighted by Crippen LogP contribution is -2.45. The van der Waals surface area contributed by atoms with Crippen molar-refractivity contribution in [3.8, 4) is 11.1 Å². The van der Waals surface area contributed by atoms with Crippen molar-refractivity contribution in [2.75, 3.05) is 13.2 Å². The standard InChI is InChI=1S/C22H25N3O/c1-21(2)9-8-14-6-7-16(11-18(14)22(21)13-26-20(23)25-22)15-4-3-5-17(10-15)19-12-24-19/h3-7,10-11,19,24H,8-9,12-13H2,1-2H3,(H2,23,25). The van der Waals surface area contributed by atoms with E-state index in [1.54, 1.807) is 0 Å². The Hall–Kier alpha value is -2.33. The predicted octanol–water partition coefficient (Wildman–Crippen LogP) is 3.51. The molecule has 2 aromatic carbocycles. The molecular formula is C22H25N3O. The molecule has 1 aliphatic carbocycles. The van der Waals surface area contributed by atoms with Gasteiger partial charge in [0.2, 0.25) is 0 Å². The van der Waals surface area contributed by atoms with Crippen LogP contribution in [0.5, 0.6) is 0 Å². The third-order valence-electron chi connectivity index (χ3n) is 6.45. The van der Waals surface area contributed by atoms with Crippen molar-refractivity contribution >= 4 is 6.02 Å². The minimum atomic E-state index is -0.379. The summed E-state index contributed by atoms with van der Waals surface area (Å²) >= 11 is 0. The molecule has 0 saturated carbocycles. The monoisotopic (exact) mass is 347 g/mol. The average molecular weight is 347 g/mol. The first kappa shape index (κ1) is 15.9. The molecule has 2 unspecified atom stereocenters. The predicted molar refractivity (Wildman–Crippen MR) is 104 cm³/mol. The van der Waals surface area contributed by atoms with E-state index in [4.69, 9.17) is 15.5 Å². The molecule has 0 radical (unpaired) electrons. The van der Waals surface area contributed by atoms with Gasteiger partial charge in [0.25, 0.3) is 6.02 Å². The van der Waals surface area contributed by atoms with Crippen molar-refractivity contribution in [3.05, 3.63) is 59.2 Å². The number of benzene rings is 2. The number of aryl methyl sites for hydroxylation is 1. The van der Waals surface area contributed by atoms with Crippen molar-refractivity contribution in [2.24, 2.45) is 16.1 Å². The Bertz CT molecular complexity index is 913. The summed E-state index contributed by atoms with van der Waals surface area (Å²) in [5.41, 5.74) is 12.1. The maximum atomic E-state index is 5.95. The zero-order valence-electron chi connectivity index (χ0n) is 15.4. The van der Waals surface area contributed by atoms with Gasteiger partial charge in [-0.1, -0.05) is 44.2 Å². The third kappa shape index (κ3) is 2.28. The van der Waals surface area contributed by atoms with Crippen LogP contribution in [0, 0.1) is 5.41 Å². The van der Waals surface area contributed by atoms with Gasteiger partial charge in [-0.05, 0) is 58.2 Å². The molecular weight excluding hydrogens is 322 g/mol. The number of aliphatic imine (C=N–C) groups is 1. The van der Waals surface area contributed by atoms with Gasteiger partial charge in [0.15, 0.2) is 0 Å². The highest BCUT2D eigenvalue weighted by molar-refractivity contribution is 5.75. The second-order valence-electron chi connectivity index (χ2n) is 8.44. The van der Waals surface area contributed by atoms with E-state index in [-0.39, 0.29) is 11.0 Å². The zero-order chi connectivity index (χ0) is 17.9. The Balaban J connectivity index is 1.64. The average Bonchev–Trinajstić information content (AvgIpc) is 3.41. The number of amidine groups is 1. The number of nitrogens with two attached hydrogens (primary N) is 1. The van der Waals surface area contributed by atoms with Crippen LogP contribution in [0.3, 0.4) is 0 Å². The molecule has 1 saturated heterocycles. The fourth-order valence-corrected chi connectivity index (χ4v) is 4.52. The zero-order valence-corrected chi connectivity index (χ0v) is 15.4. The number of hydrogen-bond donors (Lipinski definition) is 2. The number of fused-ring (bicyclic) bond motifs is 2. The van der Waals surface area contributed by atoms with Crippen molar-refractivity contribution in [1.82, 2.24) is 5.32 Å². The lowest BCUT2D eigenvalue weighted by molar-refractivity contribution is 0.0990. The van der Waals surface area contributed by atoms with Gasteiger partial charge in [-0.2, -0.15) is 0 Å². The third-order valence-corrected chi connectivity index (χ3v) is 6.45. The van der Waals surface area contributed by atoms with E-state index in [9.17, 15) is 0 Å². The smallest absolute Gasteiger partial charge is 0.283 e. The molecule has 4 nitrogen and oxygen atoms in total. The molecule has 2 aliphatic heterocycles. The van der Waals surface area contributed by atoms with Gasteiger partial charge >= 0.3 is 0 Å². The molecule has 0 aromatic heterocycles. The summed E-state index contributed by atoms with van der Waals surface area (Å²) in [7, 11) is 0. The molecule has 1 fully saturated rings. The minimum absolute atomic E-state index is 0.0134. The lowest BCUT2D eigenvalue weighted by Gasteiger charge is -2.45. The van der Waals surface area contributed by atoms with Crippen LogP contribution in [0.2, 0.25) is 0 Å². The van der Waals surface area contributed by atoms with Gasteiger partial charge in [-0.3, -0.25) is 0 Å². The highest BCUT2D eigenvalue weighted by Gasteiger charge is 2.53. The number of rotatable bonds is 2. The van der Waals surface area contributed by atoms with E-state index in [0.29, 0.717) is 18.7 Å². The van der Waals surface area contributed by atoms with Gasteiger partial charge in [0, 0.05) is 12.6 Å². The van der Waals surface area contributed by atoms with Crippen LogP contribution in [0.15, 0.2) is 47.5 Å². The Morgan fingerprint density at radius 2 is 1.96 bits per heavy atom. The van der Waals surface area contributed by atoms with Gasteiger partial charge in [-0.25, -0.2) is 4.99 Å². The molecule has 0 bridgehead atoms. The largest absolute Gasteiger partial charge is 0.462 e. The molecule has 2 heterocycles. The fraction of sp³-hybridized carbons (Fsp3) is 0.409. The number of nitrogens with one attached hydrogen (secondary N) is 1. The molecule has 5 rings (SSSR count). The first-order valence-electron chi connectivity index (χ1n) is 9.44. The highest BCUT2D eigenvalue weighted by Crippen LogP contribution is 2.53. The summed E-state index contributed by atoms with van der Waals surface area (Å²) in [4.78, 5) is 4.83. The Morgan fingerprint density at radius 3 is 2.69 bits per heavy atom. The van der Waals surface area contributed by atoms with Gasteiger partial charge in [0.1, 0.15) is 12.1 Å². The van der Waals surface area contributed by atoms with Crippen molar-refractivity contribution in [3.63, 3.8) is 0 Å². The van der Waals surface area contributed by atoms with Crippen molar-refractivity contribution < 1.29 is 4.74 Å². The van der Waals surface area contributed by atoms with Crippen LogP contribution in [-0.2, 0) is 16.7 Å². The summed E-state index contributed by atoms with van der Waals surface area (Å²) in [5.74, 6) is 0. The first-order valence-corrected chi connectivity index (χ1v) is 9.44. The van der Waals surface area contributed by atoms with Crippen LogP contribution >= 0.6 is 0 Å². The van der Waals surface area contributed by atoms with E-state index in [1.807, 2.05) is 0 Å². The van der Waals surface area contributed by atoms with E-state index < -0.39 is 0 Å². The van der Waals surface area contributed by atoms with Crippen LogP contribution in [0.1, 0.15) is 43.0 Å². The summed E-state index contributed by atoms with van der Waals surface area (Å²) < 4.78 is 5.66. The molecule has 0 amide bonds. The van der Waals surface area contributed by atoms with Crippen LogP contribution in [0.4, 0.5) is 0 Å². The molecule has 26 heavy (non-hydrogen) atoms. The van der Waals surface area contributed by atoms with E-state index >= 15 is 0 Å². The molecule has 4 heteroatoms. The SMILES string of the molecule is CC1(C)CCc2ccc(-c3cccc(C4CN4)c3)cc2C12COC(N)=N2. The molecule has 1 spiro atoms. The Labute approximate surface area is 154 Å². The van der Waals surface area contributed by atoms with Crippen LogP contribution < -0.4 is 11.1 Å². The fourth-order valence-electron chi connectivity index (χ4n) is 4.52. The number of nitrogens with zero attached hydrogens (tertiary/aromatic N) is 1. The van der Waals surface area contributed by atoms with E-state index in [0.717, 1.165) is 19.4 Å². The molecule has 3 N–H and O–H groups in total. The molecule has 3 aliphatic rings. The highest BCUT2D eigenvalue weighted by atomic mass is 16.5. The Morgan fingerprint density at radius 1 is 1.15 bits per heavy atom. The maximum absolute atomic E-state index is 5.95. The Kier molecular flexibility index (Phi) is 3.26. The van der Waals surface area contributed by atoms with Crippen molar-refractivity contribution in [1.29, 1.82) is 0 Å². The van der Waals surface area contributed by atoms with Crippen molar-refractivity contribution in [2.45, 2.75) is 38.3 Å². The van der Waals surface area contributed by atoms with Gasteiger partial charge in [-0.15, -0.1) is 0 Å². The molecule has 2 aromatic rings. The number of ether oxygens (including phenoxy) is 1. The van der Waals surface area contributed by atoms with Gasteiger partial charge < -0.3 is 15.8 Å². The quantitative estimate of drug-likeness (QED) is 0.817. The molecule has 134 valence electrons. The van der Waals surface area contributed by atoms with E-state index in [2.05, 4.69) is 61.6 Å². The van der Waals surface area contributed by atoms with Crippen LogP contribution in [0.25, 0.3) is 11.1 Å².